The van der Waals surface area contributed by atoms with Gasteiger partial charge in [0, 0.05) is 18.7 Å². The van der Waals surface area contributed by atoms with Crippen LogP contribution in [0.2, 0.25) is 0 Å². The SMILES string of the molecule is CCOc1ccc(NC(=O)NCCCC(=O)O)cc1Br. The minimum Gasteiger partial charge on any atom is -0.493 e. The van der Waals surface area contributed by atoms with Gasteiger partial charge in [0.1, 0.15) is 5.75 Å². The Morgan fingerprint density at radius 2 is 2.15 bits per heavy atom. The molecule has 2 amide bonds. The van der Waals surface area contributed by atoms with Crippen molar-refractivity contribution in [1.29, 1.82) is 0 Å². The van der Waals surface area contributed by atoms with E-state index >= 15 is 0 Å². The number of amides is 2. The smallest absolute Gasteiger partial charge is 0.319 e. The van der Waals surface area contributed by atoms with Crippen LogP contribution in [0.4, 0.5) is 10.5 Å². The highest BCUT2D eigenvalue weighted by atomic mass is 79.9. The first kappa shape index (κ1) is 16.3. The van der Waals surface area contributed by atoms with Crippen molar-refractivity contribution in [3.63, 3.8) is 0 Å². The summed E-state index contributed by atoms with van der Waals surface area (Å²) in [6.07, 6.45) is 0.435. The molecule has 0 saturated carbocycles. The summed E-state index contributed by atoms with van der Waals surface area (Å²) in [6.45, 7) is 2.77. The van der Waals surface area contributed by atoms with Crippen LogP contribution in [0, 0.1) is 0 Å². The maximum Gasteiger partial charge on any atom is 0.319 e. The summed E-state index contributed by atoms with van der Waals surface area (Å²) in [7, 11) is 0. The number of carbonyl (C=O) groups excluding carboxylic acids is 1. The highest BCUT2D eigenvalue weighted by Gasteiger charge is 2.05. The van der Waals surface area contributed by atoms with Gasteiger partial charge in [0.2, 0.25) is 0 Å². The molecule has 0 bridgehead atoms. The molecule has 1 rings (SSSR count). The first-order valence-corrected chi connectivity index (χ1v) is 7.01. The van der Waals surface area contributed by atoms with Crippen LogP contribution in [0.15, 0.2) is 22.7 Å². The predicted molar refractivity (Wildman–Crippen MR) is 79.2 cm³/mol. The molecule has 0 unspecified atom stereocenters. The summed E-state index contributed by atoms with van der Waals surface area (Å²) in [5.41, 5.74) is 0.621. The van der Waals surface area contributed by atoms with Crippen LogP contribution in [0.5, 0.6) is 5.75 Å². The van der Waals surface area contributed by atoms with Crippen molar-refractivity contribution < 1.29 is 19.4 Å². The molecule has 6 nitrogen and oxygen atoms in total. The molecular weight excluding hydrogens is 328 g/mol. The molecule has 1 aromatic carbocycles. The number of benzene rings is 1. The monoisotopic (exact) mass is 344 g/mol. The first-order valence-electron chi connectivity index (χ1n) is 6.22. The quantitative estimate of drug-likeness (QED) is 0.663. The Labute approximate surface area is 125 Å². The van der Waals surface area contributed by atoms with Crippen LogP contribution in [0.3, 0.4) is 0 Å². The van der Waals surface area contributed by atoms with E-state index in [0.29, 0.717) is 31.0 Å². The molecule has 0 aliphatic heterocycles. The van der Waals surface area contributed by atoms with Gasteiger partial charge < -0.3 is 20.5 Å². The van der Waals surface area contributed by atoms with Crippen LogP contribution in [0.1, 0.15) is 19.8 Å². The molecule has 0 saturated heterocycles. The van der Waals surface area contributed by atoms with Crippen LogP contribution >= 0.6 is 15.9 Å². The van der Waals surface area contributed by atoms with Gasteiger partial charge in [-0.1, -0.05) is 0 Å². The number of halogens is 1. The van der Waals surface area contributed by atoms with E-state index in [0.717, 1.165) is 4.47 Å². The molecule has 0 fully saturated rings. The Hall–Kier alpha value is -1.76. The molecular formula is C13H17BrN2O4. The van der Waals surface area contributed by atoms with Crippen molar-refractivity contribution in [2.24, 2.45) is 0 Å². The van der Waals surface area contributed by atoms with E-state index in [1.165, 1.54) is 0 Å². The van der Waals surface area contributed by atoms with Crippen LogP contribution in [-0.2, 0) is 4.79 Å². The third-order valence-corrected chi connectivity index (χ3v) is 2.96. The lowest BCUT2D eigenvalue weighted by atomic mass is 10.3. The Balaban J connectivity index is 2.42. The number of urea groups is 1. The Morgan fingerprint density at radius 3 is 2.75 bits per heavy atom. The van der Waals surface area contributed by atoms with Gasteiger partial charge in [-0.15, -0.1) is 0 Å². The molecule has 0 heterocycles. The molecule has 7 heteroatoms. The molecule has 0 aromatic heterocycles. The van der Waals surface area contributed by atoms with Crippen molar-refractivity contribution in [3.05, 3.63) is 22.7 Å². The fourth-order valence-electron chi connectivity index (χ4n) is 1.47. The van der Waals surface area contributed by atoms with Crippen LogP contribution < -0.4 is 15.4 Å². The number of carboxylic acids is 1. The van der Waals surface area contributed by atoms with Crippen molar-refractivity contribution >= 4 is 33.6 Å². The number of hydrogen-bond acceptors (Lipinski definition) is 3. The van der Waals surface area contributed by atoms with Gasteiger partial charge in [-0.3, -0.25) is 4.79 Å². The highest BCUT2D eigenvalue weighted by Crippen LogP contribution is 2.28. The number of nitrogens with one attached hydrogen (secondary N) is 2. The second kappa shape index (κ2) is 8.42. The van der Waals surface area contributed by atoms with Crippen molar-refractivity contribution in [1.82, 2.24) is 5.32 Å². The lowest BCUT2D eigenvalue weighted by Crippen LogP contribution is -2.29. The summed E-state index contributed by atoms with van der Waals surface area (Å²) in [6, 6.07) is 4.86. The predicted octanol–water partition coefficient (Wildman–Crippen LogP) is 2.83. The minimum atomic E-state index is -0.873. The summed E-state index contributed by atoms with van der Waals surface area (Å²) >= 11 is 3.36. The van der Waals surface area contributed by atoms with E-state index in [-0.39, 0.29) is 12.5 Å². The van der Waals surface area contributed by atoms with E-state index in [1.54, 1.807) is 18.2 Å². The third kappa shape index (κ3) is 5.92. The molecule has 3 N–H and O–H groups in total. The van der Waals surface area contributed by atoms with E-state index in [2.05, 4.69) is 26.6 Å². The largest absolute Gasteiger partial charge is 0.493 e. The zero-order valence-electron chi connectivity index (χ0n) is 11.1. The van der Waals surface area contributed by atoms with Gasteiger partial charge in [0.25, 0.3) is 0 Å². The second-order valence-corrected chi connectivity index (χ2v) is 4.81. The Morgan fingerprint density at radius 1 is 1.40 bits per heavy atom. The second-order valence-electron chi connectivity index (χ2n) is 3.96. The number of carboxylic acid groups (broad SMARTS) is 1. The lowest BCUT2D eigenvalue weighted by molar-refractivity contribution is -0.137. The zero-order valence-corrected chi connectivity index (χ0v) is 12.7. The van der Waals surface area contributed by atoms with Crippen molar-refractivity contribution in [2.75, 3.05) is 18.5 Å². The van der Waals surface area contributed by atoms with Crippen LogP contribution in [-0.4, -0.2) is 30.3 Å². The number of ether oxygens (including phenoxy) is 1. The van der Waals surface area contributed by atoms with Gasteiger partial charge in [0.05, 0.1) is 11.1 Å². The molecule has 0 radical (unpaired) electrons. The zero-order chi connectivity index (χ0) is 15.0. The average Bonchev–Trinajstić information content (AvgIpc) is 2.38. The average molecular weight is 345 g/mol. The Kier molecular flexibility index (Phi) is 6.86. The van der Waals surface area contributed by atoms with Gasteiger partial charge in [-0.05, 0) is 47.5 Å². The maximum absolute atomic E-state index is 11.6. The van der Waals surface area contributed by atoms with Gasteiger partial charge in [-0.25, -0.2) is 4.79 Å². The molecule has 0 spiro atoms. The molecule has 0 atom stereocenters. The van der Waals surface area contributed by atoms with E-state index in [4.69, 9.17) is 9.84 Å². The topological polar surface area (TPSA) is 87.7 Å². The Bertz CT molecular complexity index is 479. The summed E-state index contributed by atoms with van der Waals surface area (Å²) in [4.78, 5) is 21.9. The fourth-order valence-corrected chi connectivity index (χ4v) is 1.96. The molecule has 0 aliphatic rings. The van der Waals surface area contributed by atoms with Gasteiger partial charge >= 0.3 is 12.0 Å². The van der Waals surface area contributed by atoms with Crippen LogP contribution in [0.25, 0.3) is 0 Å². The van der Waals surface area contributed by atoms with E-state index in [1.807, 2.05) is 6.92 Å². The lowest BCUT2D eigenvalue weighted by Gasteiger charge is -2.10. The van der Waals surface area contributed by atoms with E-state index in [9.17, 15) is 9.59 Å². The van der Waals surface area contributed by atoms with E-state index < -0.39 is 5.97 Å². The molecule has 0 aliphatic carbocycles. The fraction of sp³-hybridized carbons (Fsp3) is 0.385. The van der Waals surface area contributed by atoms with Gasteiger partial charge in [0.15, 0.2) is 0 Å². The summed E-state index contributed by atoms with van der Waals surface area (Å²) in [5, 5.41) is 13.7. The summed E-state index contributed by atoms with van der Waals surface area (Å²) < 4.78 is 6.12. The maximum atomic E-state index is 11.6. The molecule has 20 heavy (non-hydrogen) atoms. The van der Waals surface area contributed by atoms with Crippen molar-refractivity contribution in [3.8, 4) is 5.75 Å². The molecule has 1 aromatic rings. The molecule has 110 valence electrons. The first-order chi connectivity index (χ1) is 9.52. The van der Waals surface area contributed by atoms with Gasteiger partial charge in [-0.2, -0.15) is 0 Å². The number of hydrogen-bond donors (Lipinski definition) is 3. The van der Waals surface area contributed by atoms with Crippen molar-refractivity contribution in [2.45, 2.75) is 19.8 Å². The normalized spacial score (nSPS) is 9.90. The number of aliphatic carboxylic acids is 1. The third-order valence-electron chi connectivity index (χ3n) is 2.34. The minimum absolute atomic E-state index is 0.0366. The highest BCUT2D eigenvalue weighted by molar-refractivity contribution is 9.10. The number of rotatable bonds is 7. The number of carbonyl (C=O) groups is 2. The summed E-state index contributed by atoms with van der Waals surface area (Å²) in [5.74, 6) is -0.164. The standard InChI is InChI=1S/C13H17BrN2O4/c1-2-20-11-6-5-9(8-10(11)14)16-13(19)15-7-3-4-12(17)18/h5-6,8H,2-4,7H2,1H3,(H,17,18)(H2,15,16,19). The number of anilines is 1.